The van der Waals surface area contributed by atoms with Crippen LogP contribution in [0.3, 0.4) is 0 Å². The van der Waals surface area contributed by atoms with E-state index in [4.69, 9.17) is 0 Å². The van der Waals surface area contributed by atoms with Gasteiger partial charge in [-0.3, -0.25) is 0 Å². The van der Waals surface area contributed by atoms with E-state index in [0.717, 1.165) is 18.1 Å². The van der Waals surface area contributed by atoms with Crippen molar-refractivity contribution in [3.8, 4) is 0 Å². The second kappa shape index (κ2) is 6.71. The predicted molar refractivity (Wildman–Crippen MR) is 84.2 cm³/mol. The summed E-state index contributed by atoms with van der Waals surface area (Å²) in [4.78, 5) is 6.02. The normalized spacial score (nSPS) is 12.4. The Kier molecular flexibility index (Phi) is 4.97. The Hall–Kier alpha value is -1.35. The van der Waals surface area contributed by atoms with Gasteiger partial charge in [-0.1, -0.05) is 50.6 Å². The third-order valence-electron chi connectivity index (χ3n) is 3.30. The maximum absolute atomic E-state index is 4.60. The van der Waals surface area contributed by atoms with Crippen molar-refractivity contribution < 1.29 is 0 Å². The summed E-state index contributed by atoms with van der Waals surface area (Å²) in [5, 5.41) is 4.53. The number of hydrogen-bond acceptors (Lipinski definition) is 3. The van der Waals surface area contributed by atoms with Crippen LogP contribution >= 0.6 is 11.3 Å². The molecule has 0 spiro atoms. The molecule has 1 N–H and O–H groups in total. The molecule has 2 aromatic rings. The van der Waals surface area contributed by atoms with Crippen LogP contribution in [0, 0.1) is 6.92 Å². The van der Waals surface area contributed by atoms with E-state index >= 15 is 0 Å². The van der Waals surface area contributed by atoms with Gasteiger partial charge in [0.05, 0.1) is 5.69 Å². The topological polar surface area (TPSA) is 24.9 Å². The lowest BCUT2D eigenvalue weighted by Crippen LogP contribution is -2.09. The third-order valence-corrected chi connectivity index (χ3v) is 4.47. The van der Waals surface area contributed by atoms with Gasteiger partial charge >= 0.3 is 0 Å². The molecule has 0 aliphatic heterocycles. The van der Waals surface area contributed by atoms with E-state index in [1.54, 1.807) is 11.3 Å². The lowest BCUT2D eigenvalue weighted by molar-refractivity contribution is 0.803. The smallest absolute Gasteiger partial charge is 0.183 e. The van der Waals surface area contributed by atoms with Crippen molar-refractivity contribution >= 4 is 16.5 Å². The molecule has 1 atom stereocenters. The summed E-state index contributed by atoms with van der Waals surface area (Å²) in [6.45, 7) is 7.50. The molecule has 3 heteroatoms. The lowest BCUT2D eigenvalue weighted by Gasteiger charge is -2.12. The minimum atomic E-state index is 0.500. The van der Waals surface area contributed by atoms with Gasteiger partial charge in [-0.15, -0.1) is 11.3 Å². The minimum Gasteiger partial charge on any atom is -0.361 e. The fourth-order valence-electron chi connectivity index (χ4n) is 2.10. The fourth-order valence-corrected chi connectivity index (χ4v) is 3.17. The highest BCUT2D eigenvalue weighted by molar-refractivity contribution is 7.15. The molecule has 1 aromatic carbocycles. The average molecular weight is 274 g/mol. The first kappa shape index (κ1) is 14.1. The number of aromatic nitrogens is 1. The van der Waals surface area contributed by atoms with Gasteiger partial charge in [-0.25, -0.2) is 4.98 Å². The highest BCUT2D eigenvalue weighted by Gasteiger charge is 2.09. The van der Waals surface area contributed by atoms with Crippen molar-refractivity contribution in [3.05, 3.63) is 46.5 Å². The Balaban J connectivity index is 1.93. The molecule has 1 aromatic heterocycles. The quantitative estimate of drug-likeness (QED) is 0.831. The summed E-state index contributed by atoms with van der Waals surface area (Å²) in [5.74, 6) is 0.500. The van der Waals surface area contributed by atoms with Gasteiger partial charge in [0.1, 0.15) is 0 Å². The number of nitrogens with one attached hydrogen (secondary N) is 1. The van der Waals surface area contributed by atoms with Crippen molar-refractivity contribution in [2.75, 3.05) is 11.9 Å². The molecule has 102 valence electrons. The first-order chi connectivity index (χ1) is 9.20. The number of rotatable bonds is 6. The molecule has 19 heavy (non-hydrogen) atoms. The Morgan fingerprint density at radius 1 is 1.26 bits per heavy atom. The SMILES string of the molecule is CCCc1sc(NCC(C)c2ccccc2)nc1C. The summed E-state index contributed by atoms with van der Waals surface area (Å²) in [5.41, 5.74) is 2.55. The Bertz CT molecular complexity index is 505. The highest BCUT2D eigenvalue weighted by atomic mass is 32.1. The minimum absolute atomic E-state index is 0.500. The van der Waals surface area contributed by atoms with Crippen LogP contribution in [0.1, 0.15) is 42.3 Å². The second-order valence-electron chi connectivity index (χ2n) is 4.97. The fraction of sp³-hybridized carbons (Fsp3) is 0.438. The van der Waals surface area contributed by atoms with E-state index in [9.17, 15) is 0 Å². The molecule has 0 fully saturated rings. The van der Waals surface area contributed by atoms with Crippen LogP contribution in [0.4, 0.5) is 5.13 Å². The van der Waals surface area contributed by atoms with Gasteiger partial charge in [0.25, 0.3) is 0 Å². The summed E-state index contributed by atoms with van der Waals surface area (Å²) in [6, 6.07) is 10.6. The summed E-state index contributed by atoms with van der Waals surface area (Å²) in [7, 11) is 0. The summed E-state index contributed by atoms with van der Waals surface area (Å²) >= 11 is 1.80. The lowest BCUT2D eigenvalue weighted by atomic mass is 10.0. The van der Waals surface area contributed by atoms with Crippen molar-refractivity contribution in [3.63, 3.8) is 0 Å². The average Bonchev–Trinajstić information content (AvgIpc) is 2.78. The number of benzene rings is 1. The van der Waals surface area contributed by atoms with E-state index in [2.05, 4.69) is 61.4 Å². The van der Waals surface area contributed by atoms with Gasteiger partial charge < -0.3 is 5.32 Å². The largest absolute Gasteiger partial charge is 0.361 e. The zero-order valence-corrected chi connectivity index (χ0v) is 12.8. The Morgan fingerprint density at radius 3 is 2.68 bits per heavy atom. The van der Waals surface area contributed by atoms with E-state index in [1.165, 1.54) is 22.6 Å². The summed E-state index contributed by atoms with van der Waals surface area (Å²) in [6.07, 6.45) is 2.32. The van der Waals surface area contributed by atoms with Crippen LogP contribution in [0.15, 0.2) is 30.3 Å². The van der Waals surface area contributed by atoms with Gasteiger partial charge in [0, 0.05) is 11.4 Å². The molecular formula is C16H22N2S. The molecule has 1 unspecified atom stereocenters. The van der Waals surface area contributed by atoms with Gasteiger partial charge in [-0.2, -0.15) is 0 Å². The highest BCUT2D eigenvalue weighted by Crippen LogP contribution is 2.25. The third kappa shape index (κ3) is 3.80. The van der Waals surface area contributed by atoms with Crippen LogP contribution in [0.5, 0.6) is 0 Å². The van der Waals surface area contributed by atoms with Crippen LogP contribution in [-0.4, -0.2) is 11.5 Å². The molecule has 0 aliphatic rings. The molecule has 0 amide bonds. The standard InChI is InChI=1S/C16H22N2S/c1-4-8-15-13(3)18-16(19-15)17-11-12(2)14-9-6-5-7-10-14/h5-7,9-10,12H,4,8,11H2,1-3H3,(H,17,18). The van der Waals surface area contributed by atoms with Crippen molar-refractivity contribution in [2.45, 2.75) is 39.5 Å². The van der Waals surface area contributed by atoms with Crippen LogP contribution < -0.4 is 5.32 Å². The molecule has 0 saturated carbocycles. The number of thiazole rings is 1. The molecule has 1 heterocycles. The monoisotopic (exact) mass is 274 g/mol. The van der Waals surface area contributed by atoms with Crippen molar-refractivity contribution in [1.29, 1.82) is 0 Å². The molecule has 2 rings (SSSR count). The van der Waals surface area contributed by atoms with Crippen molar-refractivity contribution in [1.82, 2.24) is 4.98 Å². The molecule has 0 radical (unpaired) electrons. The second-order valence-corrected chi connectivity index (χ2v) is 6.05. The van der Waals surface area contributed by atoms with E-state index < -0.39 is 0 Å². The van der Waals surface area contributed by atoms with Gasteiger partial charge in [0.2, 0.25) is 0 Å². The number of anilines is 1. The zero-order valence-electron chi connectivity index (χ0n) is 11.9. The molecule has 0 saturated heterocycles. The first-order valence-corrected chi connectivity index (χ1v) is 7.77. The van der Waals surface area contributed by atoms with Gasteiger partial charge in [-0.05, 0) is 24.8 Å². The number of hydrogen-bond donors (Lipinski definition) is 1. The van der Waals surface area contributed by atoms with Crippen LogP contribution in [0.25, 0.3) is 0 Å². The van der Waals surface area contributed by atoms with Crippen LogP contribution in [-0.2, 0) is 6.42 Å². The molecule has 0 aliphatic carbocycles. The van der Waals surface area contributed by atoms with Crippen LogP contribution in [0.2, 0.25) is 0 Å². The summed E-state index contributed by atoms with van der Waals surface area (Å²) < 4.78 is 0. The van der Waals surface area contributed by atoms with E-state index in [1.807, 2.05) is 0 Å². The Morgan fingerprint density at radius 2 is 2.00 bits per heavy atom. The zero-order chi connectivity index (χ0) is 13.7. The maximum atomic E-state index is 4.60. The number of nitrogens with zero attached hydrogens (tertiary/aromatic N) is 1. The molecule has 0 bridgehead atoms. The molecular weight excluding hydrogens is 252 g/mol. The Labute approximate surface area is 119 Å². The van der Waals surface area contributed by atoms with E-state index in [0.29, 0.717) is 5.92 Å². The maximum Gasteiger partial charge on any atom is 0.183 e. The van der Waals surface area contributed by atoms with Crippen molar-refractivity contribution in [2.24, 2.45) is 0 Å². The predicted octanol–water partition coefficient (Wildman–Crippen LogP) is 4.62. The number of aryl methyl sites for hydroxylation is 2. The first-order valence-electron chi connectivity index (χ1n) is 6.95. The molecule has 2 nitrogen and oxygen atoms in total. The van der Waals surface area contributed by atoms with E-state index in [-0.39, 0.29) is 0 Å². The van der Waals surface area contributed by atoms with Gasteiger partial charge in [0.15, 0.2) is 5.13 Å².